The van der Waals surface area contributed by atoms with Crippen LogP contribution in [0, 0.1) is 0 Å². The van der Waals surface area contributed by atoms with Gasteiger partial charge >= 0.3 is 0 Å². The monoisotopic (exact) mass is 451 g/mol. The third-order valence-corrected chi connectivity index (χ3v) is 4.99. The fourth-order valence-corrected chi connectivity index (χ4v) is 3.23. The second-order valence-corrected chi connectivity index (χ2v) is 8.07. The molecule has 0 fully saturated rings. The van der Waals surface area contributed by atoms with E-state index >= 15 is 0 Å². The van der Waals surface area contributed by atoms with Crippen LogP contribution in [0.2, 0.25) is 5.02 Å². The van der Waals surface area contributed by atoms with Crippen molar-refractivity contribution < 1.29 is 9.59 Å². The number of nitrogens with one attached hydrogen (secondary N) is 3. The van der Waals surface area contributed by atoms with Crippen LogP contribution in [-0.2, 0) is 0 Å². The van der Waals surface area contributed by atoms with E-state index in [1.807, 2.05) is 12.1 Å². The van der Waals surface area contributed by atoms with E-state index in [-0.39, 0.29) is 16.9 Å². The largest absolute Gasteiger partial charge is 0.332 e. The molecule has 3 rings (SSSR count). The number of benzene rings is 3. The van der Waals surface area contributed by atoms with Crippen LogP contribution in [-0.4, -0.2) is 16.9 Å². The molecule has 0 aliphatic rings. The third-order valence-electron chi connectivity index (χ3n) is 4.55. The first-order chi connectivity index (χ1) is 14.8. The number of carbonyl (C=O) groups is 2. The number of hydrogen-bond acceptors (Lipinski definition) is 3. The summed E-state index contributed by atoms with van der Waals surface area (Å²) >= 11 is 11.2. The van der Waals surface area contributed by atoms with Gasteiger partial charge in [0.1, 0.15) is 0 Å². The van der Waals surface area contributed by atoms with Gasteiger partial charge in [0.25, 0.3) is 11.8 Å². The van der Waals surface area contributed by atoms with Gasteiger partial charge in [-0.1, -0.05) is 43.6 Å². The van der Waals surface area contributed by atoms with E-state index in [0.717, 1.165) is 0 Å². The number of hydrogen-bond donors (Lipinski definition) is 3. The molecule has 0 aliphatic heterocycles. The first kappa shape index (κ1) is 22.5. The Hall–Kier alpha value is -3.22. The lowest BCUT2D eigenvalue weighted by atomic mass is 10.0. The molecule has 7 heteroatoms. The predicted molar refractivity (Wildman–Crippen MR) is 130 cm³/mol. The molecule has 158 valence electrons. The zero-order chi connectivity index (χ0) is 22.4. The van der Waals surface area contributed by atoms with Crippen molar-refractivity contribution in [3.63, 3.8) is 0 Å². The number of anilines is 2. The Morgan fingerprint density at radius 3 is 2.00 bits per heavy atom. The zero-order valence-electron chi connectivity index (χ0n) is 17.1. The second kappa shape index (κ2) is 10.2. The predicted octanol–water partition coefficient (Wildman–Crippen LogP) is 5.84. The quantitative estimate of drug-likeness (QED) is 0.426. The van der Waals surface area contributed by atoms with E-state index in [0.29, 0.717) is 33.4 Å². The van der Waals surface area contributed by atoms with Crippen molar-refractivity contribution >= 4 is 52.1 Å². The van der Waals surface area contributed by atoms with Crippen molar-refractivity contribution in [2.24, 2.45) is 0 Å². The molecule has 0 heterocycles. The van der Waals surface area contributed by atoms with E-state index in [1.54, 1.807) is 60.7 Å². The Kier molecular flexibility index (Phi) is 7.39. The van der Waals surface area contributed by atoms with Crippen molar-refractivity contribution in [3.8, 4) is 0 Å². The number of thiocarbonyl (C=S) groups is 1. The Morgan fingerprint density at radius 1 is 0.806 bits per heavy atom. The van der Waals surface area contributed by atoms with Crippen molar-refractivity contribution in [1.82, 2.24) is 5.32 Å². The van der Waals surface area contributed by atoms with Gasteiger partial charge in [-0.3, -0.25) is 14.9 Å². The normalized spacial score (nSPS) is 10.5. The summed E-state index contributed by atoms with van der Waals surface area (Å²) in [5, 5.41) is 9.12. The van der Waals surface area contributed by atoms with Crippen molar-refractivity contribution in [3.05, 3.63) is 94.5 Å². The molecule has 2 amide bonds. The highest BCUT2D eigenvalue weighted by Gasteiger charge is 2.10. The topological polar surface area (TPSA) is 70.2 Å². The van der Waals surface area contributed by atoms with Gasteiger partial charge in [0.15, 0.2) is 5.11 Å². The Labute approximate surface area is 191 Å². The lowest BCUT2D eigenvalue weighted by Gasteiger charge is -2.11. The van der Waals surface area contributed by atoms with E-state index in [1.165, 1.54) is 5.56 Å². The maximum Gasteiger partial charge on any atom is 0.257 e. The van der Waals surface area contributed by atoms with Gasteiger partial charge in [0.05, 0.1) is 0 Å². The first-order valence-electron chi connectivity index (χ1n) is 9.71. The van der Waals surface area contributed by atoms with E-state index in [2.05, 4.69) is 29.8 Å². The van der Waals surface area contributed by atoms with Crippen molar-refractivity contribution in [2.75, 3.05) is 10.6 Å². The molecule has 0 spiro atoms. The molecule has 31 heavy (non-hydrogen) atoms. The minimum Gasteiger partial charge on any atom is -0.332 e. The summed E-state index contributed by atoms with van der Waals surface area (Å²) in [4.78, 5) is 24.7. The fourth-order valence-electron chi connectivity index (χ4n) is 2.83. The highest BCUT2D eigenvalue weighted by molar-refractivity contribution is 7.80. The van der Waals surface area contributed by atoms with Crippen LogP contribution in [0.3, 0.4) is 0 Å². The molecular formula is C24H22ClN3O2S. The lowest BCUT2D eigenvalue weighted by molar-refractivity contribution is 0.0976. The molecule has 3 N–H and O–H groups in total. The Morgan fingerprint density at radius 2 is 1.42 bits per heavy atom. The van der Waals surface area contributed by atoms with Gasteiger partial charge in [-0.15, -0.1) is 0 Å². The first-order valence-corrected chi connectivity index (χ1v) is 10.5. The van der Waals surface area contributed by atoms with Crippen molar-refractivity contribution in [2.45, 2.75) is 19.8 Å². The summed E-state index contributed by atoms with van der Waals surface area (Å²) in [6.07, 6.45) is 0. The van der Waals surface area contributed by atoms with E-state index in [9.17, 15) is 9.59 Å². The Balaban J connectivity index is 1.54. The summed E-state index contributed by atoms with van der Waals surface area (Å²) in [5.41, 5.74) is 3.48. The average Bonchev–Trinajstić information content (AvgIpc) is 2.75. The number of rotatable bonds is 5. The molecule has 0 aliphatic carbocycles. The fraction of sp³-hybridized carbons (Fsp3) is 0.125. The molecule has 0 atom stereocenters. The van der Waals surface area contributed by atoms with Gasteiger partial charge in [0, 0.05) is 27.5 Å². The van der Waals surface area contributed by atoms with Crippen LogP contribution >= 0.6 is 23.8 Å². The molecule has 3 aromatic rings. The Bertz CT molecular complexity index is 1100. The minimum atomic E-state index is -0.279. The average molecular weight is 452 g/mol. The highest BCUT2D eigenvalue weighted by atomic mass is 35.5. The molecule has 0 saturated heterocycles. The summed E-state index contributed by atoms with van der Waals surface area (Å²) in [7, 11) is 0. The molecule has 0 bridgehead atoms. The van der Waals surface area contributed by atoms with Gasteiger partial charge in [-0.2, -0.15) is 0 Å². The zero-order valence-corrected chi connectivity index (χ0v) is 18.7. The summed E-state index contributed by atoms with van der Waals surface area (Å²) in [5.74, 6) is -0.134. The van der Waals surface area contributed by atoms with Gasteiger partial charge in [-0.05, 0) is 78.3 Å². The number of amides is 2. The van der Waals surface area contributed by atoms with E-state index < -0.39 is 0 Å². The molecule has 3 aromatic carbocycles. The maximum absolute atomic E-state index is 12.4. The van der Waals surface area contributed by atoms with Crippen LogP contribution < -0.4 is 16.0 Å². The highest BCUT2D eigenvalue weighted by Crippen LogP contribution is 2.17. The molecule has 0 saturated carbocycles. The SMILES string of the molecule is CC(C)c1ccc(C(=O)NC(=S)Nc2ccc(NC(=O)c3cccc(Cl)c3)cc2)cc1. The summed E-state index contributed by atoms with van der Waals surface area (Å²) in [6.45, 7) is 4.20. The van der Waals surface area contributed by atoms with Crippen LogP contribution in [0.25, 0.3) is 0 Å². The minimum absolute atomic E-state index is 0.189. The molecule has 0 aromatic heterocycles. The van der Waals surface area contributed by atoms with E-state index in [4.69, 9.17) is 23.8 Å². The van der Waals surface area contributed by atoms with Gasteiger partial charge < -0.3 is 10.6 Å². The number of halogens is 1. The van der Waals surface area contributed by atoms with Crippen LogP contribution in [0.4, 0.5) is 11.4 Å². The molecule has 0 radical (unpaired) electrons. The number of carbonyl (C=O) groups excluding carboxylic acids is 2. The summed E-state index contributed by atoms with van der Waals surface area (Å²) in [6, 6.07) is 21.1. The molecule has 0 unspecified atom stereocenters. The summed E-state index contributed by atoms with van der Waals surface area (Å²) < 4.78 is 0. The van der Waals surface area contributed by atoms with Crippen LogP contribution in [0.15, 0.2) is 72.8 Å². The van der Waals surface area contributed by atoms with Gasteiger partial charge in [-0.25, -0.2) is 0 Å². The van der Waals surface area contributed by atoms with Gasteiger partial charge in [0.2, 0.25) is 0 Å². The maximum atomic E-state index is 12.4. The third kappa shape index (κ3) is 6.38. The lowest BCUT2D eigenvalue weighted by Crippen LogP contribution is -2.34. The second-order valence-electron chi connectivity index (χ2n) is 7.23. The molecule has 5 nitrogen and oxygen atoms in total. The van der Waals surface area contributed by atoms with Crippen LogP contribution in [0.5, 0.6) is 0 Å². The van der Waals surface area contributed by atoms with Crippen molar-refractivity contribution in [1.29, 1.82) is 0 Å². The standard InChI is InChI=1S/C24H22ClN3O2S/c1-15(2)16-6-8-17(9-7-16)22(29)28-24(31)27-21-12-10-20(11-13-21)26-23(30)18-4-3-5-19(25)14-18/h3-15H,1-2H3,(H,26,30)(H2,27,28,29,31). The van der Waals surface area contributed by atoms with Crippen LogP contribution in [0.1, 0.15) is 46.0 Å². The molecular weight excluding hydrogens is 430 g/mol. The smallest absolute Gasteiger partial charge is 0.257 e.